The zero-order valence-electron chi connectivity index (χ0n) is 10.3. The first-order valence-electron chi connectivity index (χ1n) is 6.68. The fourth-order valence-corrected chi connectivity index (χ4v) is 2.67. The van der Waals surface area contributed by atoms with E-state index < -0.39 is 0 Å². The Bertz CT molecular complexity index is 385. The highest BCUT2D eigenvalue weighted by molar-refractivity contribution is 5.22. The molecule has 0 radical (unpaired) electrons. The van der Waals surface area contributed by atoms with E-state index in [2.05, 4.69) is 20.2 Å². The minimum Gasteiger partial charge on any atom is -0.314 e. The number of fused-ring (bicyclic) bond motifs is 1. The summed E-state index contributed by atoms with van der Waals surface area (Å²) in [5, 5.41) is 3.37. The van der Waals surface area contributed by atoms with Crippen LogP contribution in [0.15, 0.2) is 6.20 Å². The van der Waals surface area contributed by atoms with Crippen molar-refractivity contribution in [1.82, 2.24) is 20.2 Å². The lowest BCUT2D eigenvalue weighted by Gasteiger charge is -2.26. The standard InChI is InChI=1S/C13H20N4/c1-2-11-10-15-13(16-12(11)3-1)4-7-17-8-5-14-6-9-17/h10,14H,1-9H2. The number of nitrogens with one attached hydrogen (secondary N) is 1. The maximum atomic E-state index is 4.68. The van der Waals surface area contributed by atoms with Gasteiger partial charge in [-0.25, -0.2) is 9.97 Å². The predicted octanol–water partition coefficient (Wildman–Crippen LogP) is 0.413. The molecule has 1 fully saturated rings. The van der Waals surface area contributed by atoms with Crippen LogP contribution in [0.2, 0.25) is 0 Å². The molecule has 0 aromatic carbocycles. The molecule has 4 heteroatoms. The van der Waals surface area contributed by atoms with Gasteiger partial charge >= 0.3 is 0 Å². The van der Waals surface area contributed by atoms with Gasteiger partial charge in [0.15, 0.2) is 0 Å². The van der Waals surface area contributed by atoms with Crippen LogP contribution in [0.25, 0.3) is 0 Å². The van der Waals surface area contributed by atoms with Crippen LogP contribution in [0.4, 0.5) is 0 Å². The summed E-state index contributed by atoms with van der Waals surface area (Å²) in [4.78, 5) is 11.7. The summed E-state index contributed by atoms with van der Waals surface area (Å²) in [7, 11) is 0. The third-order valence-electron chi connectivity index (χ3n) is 3.73. The molecule has 1 aromatic heterocycles. The van der Waals surface area contributed by atoms with Gasteiger partial charge < -0.3 is 10.2 Å². The smallest absolute Gasteiger partial charge is 0.129 e. The van der Waals surface area contributed by atoms with Crippen LogP contribution in [0.3, 0.4) is 0 Å². The van der Waals surface area contributed by atoms with Crippen molar-refractivity contribution in [2.24, 2.45) is 0 Å². The van der Waals surface area contributed by atoms with Gasteiger partial charge in [-0.15, -0.1) is 0 Å². The molecule has 92 valence electrons. The first kappa shape index (κ1) is 11.1. The maximum absolute atomic E-state index is 4.68. The van der Waals surface area contributed by atoms with Crippen molar-refractivity contribution in [2.75, 3.05) is 32.7 Å². The number of aryl methyl sites for hydroxylation is 2. The third kappa shape index (κ3) is 2.64. The molecule has 1 N–H and O–H groups in total. The highest BCUT2D eigenvalue weighted by atomic mass is 15.2. The van der Waals surface area contributed by atoms with E-state index in [1.165, 1.54) is 24.1 Å². The number of piperazine rings is 1. The normalized spacial score (nSPS) is 20.5. The van der Waals surface area contributed by atoms with Gasteiger partial charge in [0.1, 0.15) is 5.82 Å². The molecular weight excluding hydrogens is 212 g/mol. The molecule has 0 spiro atoms. The van der Waals surface area contributed by atoms with Crippen LogP contribution in [0.5, 0.6) is 0 Å². The van der Waals surface area contributed by atoms with Gasteiger partial charge in [-0.05, 0) is 24.8 Å². The van der Waals surface area contributed by atoms with Gasteiger partial charge in [0.2, 0.25) is 0 Å². The van der Waals surface area contributed by atoms with Crippen LogP contribution in [0.1, 0.15) is 23.5 Å². The molecule has 0 saturated carbocycles. The Labute approximate surface area is 102 Å². The van der Waals surface area contributed by atoms with E-state index in [-0.39, 0.29) is 0 Å². The van der Waals surface area contributed by atoms with Gasteiger partial charge in [-0.3, -0.25) is 0 Å². The van der Waals surface area contributed by atoms with Crippen molar-refractivity contribution in [2.45, 2.75) is 25.7 Å². The zero-order chi connectivity index (χ0) is 11.5. The lowest BCUT2D eigenvalue weighted by Crippen LogP contribution is -2.44. The summed E-state index contributed by atoms with van der Waals surface area (Å²) >= 11 is 0. The zero-order valence-corrected chi connectivity index (χ0v) is 10.3. The summed E-state index contributed by atoms with van der Waals surface area (Å²) in [6, 6.07) is 0. The summed E-state index contributed by atoms with van der Waals surface area (Å²) < 4.78 is 0. The SMILES string of the molecule is c1nc(CCN2CCNCC2)nc2c1CCC2. The third-order valence-corrected chi connectivity index (χ3v) is 3.73. The van der Waals surface area contributed by atoms with Crippen LogP contribution in [-0.4, -0.2) is 47.6 Å². The van der Waals surface area contributed by atoms with E-state index in [0.717, 1.165) is 51.4 Å². The second kappa shape index (κ2) is 5.10. The lowest BCUT2D eigenvalue weighted by atomic mass is 10.2. The minimum atomic E-state index is 0.993. The summed E-state index contributed by atoms with van der Waals surface area (Å²) in [6.45, 7) is 5.65. The molecule has 1 aliphatic heterocycles. The van der Waals surface area contributed by atoms with Crippen molar-refractivity contribution in [3.63, 3.8) is 0 Å². The molecule has 2 aliphatic rings. The Balaban J connectivity index is 1.57. The molecule has 4 nitrogen and oxygen atoms in total. The van der Waals surface area contributed by atoms with Gasteiger partial charge in [-0.2, -0.15) is 0 Å². The minimum absolute atomic E-state index is 0.993. The van der Waals surface area contributed by atoms with Crippen molar-refractivity contribution in [3.05, 3.63) is 23.3 Å². The van der Waals surface area contributed by atoms with E-state index >= 15 is 0 Å². The quantitative estimate of drug-likeness (QED) is 0.820. The average molecular weight is 232 g/mol. The first-order chi connectivity index (χ1) is 8.42. The molecule has 0 unspecified atom stereocenters. The molecule has 0 amide bonds. The van der Waals surface area contributed by atoms with Gasteiger partial charge in [0.25, 0.3) is 0 Å². The Kier molecular flexibility index (Phi) is 3.34. The molecule has 1 aliphatic carbocycles. The summed E-state index contributed by atoms with van der Waals surface area (Å²) in [6.07, 6.45) is 6.62. The Morgan fingerprint density at radius 2 is 2.12 bits per heavy atom. The van der Waals surface area contributed by atoms with E-state index in [1.807, 2.05) is 6.20 Å². The van der Waals surface area contributed by atoms with Crippen LogP contribution in [-0.2, 0) is 19.3 Å². The van der Waals surface area contributed by atoms with Gasteiger partial charge in [0.05, 0.1) is 0 Å². The number of nitrogens with zero attached hydrogens (tertiary/aromatic N) is 3. The van der Waals surface area contributed by atoms with E-state index in [1.54, 1.807) is 0 Å². The summed E-state index contributed by atoms with van der Waals surface area (Å²) in [5.41, 5.74) is 2.67. The maximum Gasteiger partial charge on any atom is 0.129 e. The molecular formula is C13H20N4. The lowest BCUT2D eigenvalue weighted by molar-refractivity contribution is 0.242. The van der Waals surface area contributed by atoms with E-state index in [0.29, 0.717) is 0 Å². The molecule has 0 bridgehead atoms. The fourth-order valence-electron chi connectivity index (χ4n) is 2.67. The van der Waals surface area contributed by atoms with E-state index in [4.69, 9.17) is 0 Å². The monoisotopic (exact) mass is 232 g/mol. The predicted molar refractivity (Wildman–Crippen MR) is 67.1 cm³/mol. The first-order valence-corrected chi connectivity index (χ1v) is 6.68. The van der Waals surface area contributed by atoms with Crippen molar-refractivity contribution >= 4 is 0 Å². The molecule has 3 rings (SSSR count). The van der Waals surface area contributed by atoms with Crippen LogP contribution in [0, 0.1) is 0 Å². The average Bonchev–Trinajstić information content (AvgIpc) is 2.85. The molecule has 0 atom stereocenters. The van der Waals surface area contributed by atoms with Gasteiger partial charge in [0, 0.05) is 51.0 Å². The number of aromatic nitrogens is 2. The number of rotatable bonds is 3. The van der Waals surface area contributed by atoms with Crippen molar-refractivity contribution in [3.8, 4) is 0 Å². The highest BCUT2D eigenvalue weighted by Gasteiger charge is 2.14. The molecule has 2 heterocycles. The Hall–Kier alpha value is -1.00. The fraction of sp³-hybridized carbons (Fsp3) is 0.692. The molecule has 1 saturated heterocycles. The van der Waals surface area contributed by atoms with Gasteiger partial charge in [-0.1, -0.05) is 0 Å². The number of hydrogen-bond acceptors (Lipinski definition) is 4. The van der Waals surface area contributed by atoms with Crippen LogP contribution < -0.4 is 5.32 Å². The van der Waals surface area contributed by atoms with E-state index in [9.17, 15) is 0 Å². The second-order valence-corrected chi connectivity index (χ2v) is 4.95. The number of hydrogen-bond donors (Lipinski definition) is 1. The Morgan fingerprint density at radius 3 is 3.00 bits per heavy atom. The van der Waals surface area contributed by atoms with Crippen molar-refractivity contribution in [1.29, 1.82) is 0 Å². The largest absolute Gasteiger partial charge is 0.314 e. The van der Waals surface area contributed by atoms with Crippen molar-refractivity contribution < 1.29 is 0 Å². The highest BCUT2D eigenvalue weighted by Crippen LogP contribution is 2.18. The van der Waals surface area contributed by atoms with Crippen LogP contribution >= 0.6 is 0 Å². The molecule has 1 aromatic rings. The Morgan fingerprint density at radius 1 is 1.24 bits per heavy atom. The summed E-state index contributed by atoms with van der Waals surface area (Å²) in [5.74, 6) is 1.03. The second-order valence-electron chi connectivity index (χ2n) is 4.95. The topological polar surface area (TPSA) is 41.1 Å². The molecule has 17 heavy (non-hydrogen) atoms.